The first-order valence-electron chi connectivity index (χ1n) is 5.75. The normalized spacial score (nSPS) is 12.7. The van der Waals surface area contributed by atoms with Crippen LogP contribution in [0.5, 0.6) is 0 Å². The molecule has 2 rings (SSSR count). The van der Waals surface area contributed by atoms with E-state index < -0.39 is 24.9 Å². The molecule has 21 heavy (non-hydrogen) atoms. The van der Waals surface area contributed by atoms with Crippen LogP contribution in [0, 0.1) is 0 Å². The summed E-state index contributed by atoms with van der Waals surface area (Å²) in [4.78, 5) is -0.400. The summed E-state index contributed by atoms with van der Waals surface area (Å²) in [7, 11) is -8.05. The molecule has 9 heteroatoms. The van der Waals surface area contributed by atoms with Crippen LogP contribution >= 0.6 is 11.6 Å². The maximum Gasteiger partial charge on any atom is 0.297 e. The molecule has 0 saturated carbocycles. The van der Waals surface area contributed by atoms with Gasteiger partial charge in [-0.1, -0.05) is 12.1 Å². The van der Waals surface area contributed by atoms with Crippen LogP contribution in [-0.2, 0) is 20.0 Å². The van der Waals surface area contributed by atoms with Crippen LogP contribution < -0.4 is 5.73 Å². The maximum atomic E-state index is 11.9. The third-order valence-electron chi connectivity index (χ3n) is 2.94. The number of nitrogen functional groups attached to an aromatic ring is 1. The summed E-state index contributed by atoms with van der Waals surface area (Å²) in [6.07, 6.45) is 0. The van der Waals surface area contributed by atoms with Crippen LogP contribution in [-0.4, -0.2) is 33.0 Å². The zero-order chi connectivity index (χ0) is 15.8. The number of hydrogen-bond donors (Lipinski definition) is 2. The van der Waals surface area contributed by atoms with Gasteiger partial charge in [-0.25, -0.2) is 8.42 Å². The summed E-state index contributed by atoms with van der Waals surface area (Å²) in [5.41, 5.74) is 5.46. The van der Waals surface area contributed by atoms with E-state index >= 15 is 0 Å². The van der Waals surface area contributed by atoms with Crippen molar-refractivity contribution in [1.82, 2.24) is 0 Å². The molecular weight excluding hydrogens is 338 g/mol. The van der Waals surface area contributed by atoms with Crippen LogP contribution in [0.3, 0.4) is 0 Å². The largest absolute Gasteiger partial charge is 0.398 e. The van der Waals surface area contributed by atoms with Crippen molar-refractivity contribution in [3.05, 3.63) is 30.3 Å². The first-order valence-corrected chi connectivity index (χ1v) is 9.38. The van der Waals surface area contributed by atoms with Crippen LogP contribution in [0.4, 0.5) is 5.69 Å². The molecule has 6 nitrogen and oxygen atoms in total. The minimum absolute atomic E-state index is 0.0294. The molecule has 0 atom stereocenters. The standard InChI is InChI=1S/C12H12ClNO5S2/c13-5-6-20(15,16)9-2-3-10-8(7-9)1-4-11(14)12(10)21(17,18)19/h1-4,7H,5-6,14H2,(H,17,18,19). The number of hydrogen-bond acceptors (Lipinski definition) is 5. The van der Waals surface area contributed by atoms with Crippen molar-refractivity contribution in [1.29, 1.82) is 0 Å². The highest BCUT2D eigenvalue weighted by Crippen LogP contribution is 2.30. The maximum absolute atomic E-state index is 11.9. The van der Waals surface area contributed by atoms with Crippen molar-refractivity contribution < 1.29 is 21.4 Å². The molecule has 114 valence electrons. The van der Waals surface area contributed by atoms with Crippen LogP contribution in [0.15, 0.2) is 40.1 Å². The van der Waals surface area contributed by atoms with Crippen LogP contribution in [0.1, 0.15) is 0 Å². The lowest BCUT2D eigenvalue weighted by Crippen LogP contribution is -2.08. The Morgan fingerprint density at radius 2 is 1.76 bits per heavy atom. The Bertz CT molecular complexity index is 907. The number of fused-ring (bicyclic) bond motifs is 1. The molecular formula is C12H12ClNO5S2. The summed E-state index contributed by atoms with van der Waals surface area (Å²) in [5, 5.41) is 0.495. The molecule has 0 saturated heterocycles. The third-order valence-corrected chi connectivity index (χ3v) is 6.03. The molecule has 0 aromatic heterocycles. The minimum Gasteiger partial charge on any atom is -0.398 e. The topological polar surface area (TPSA) is 115 Å². The second kappa shape index (κ2) is 5.45. The molecule has 0 aliphatic rings. The molecule has 2 aromatic rings. The van der Waals surface area contributed by atoms with Crippen molar-refractivity contribution in [3.63, 3.8) is 0 Å². The fraction of sp³-hybridized carbons (Fsp3) is 0.167. The Kier molecular flexibility index (Phi) is 4.16. The van der Waals surface area contributed by atoms with E-state index in [9.17, 15) is 21.4 Å². The van der Waals surface area contributed by atoms with Gasteiger partial charge in [0.25, 0.3) is 10.1 Å². The number of benzene rings is 2. The summed E-state index contributed by atoms with van der Waals surface area (Å²) in [6.45, 7) is 0. The van der Waals surface area contributed by atoms with Gasteiger partial charge in [-0.3, -0.25) is 4.55 Å². The van der Waals surface area contributed by atoms with Gasteiger partial charge in [-0.15, -0.1) is 11.6 Å². The van der Waals surface area contributed by atoms with Crippen molar-refractivity contribution >= 4 is 48.0 Å². The number of halogens is 1. The molecule has 2 aromatic carbocycles. The molecule has 3 N–H and O–H groups in total. The van der Waals surface area contributed by atoms with Gasteiger partial charge in [0.2, 0.25) is 0 Å². The van der Waals surface area contributed by atoms with E-state index in [2.05, 4.69) is 0 Å². The summed E-state index contributed by atoms with van der Waals surface area (Å²) < 4.78 is 55.9. The van der Waals surface area contributed by atoms with E-state index in [1.165, 1.54) is 30.3 Å². The summed E-state index contributed by atoms with van der Waals surface area (Å²) in [5.74, 6) is -0.265. The van der Waals surface area contributed by atoms with Crippen LogP contribution in [0.25, 0.3) is 10.8 Å². The number of anilines is 1. The highest BCUT2D eigenvalue weighted by molar-refractivity contribution is 7.91. The minimum atomic E-state index is -4.51. The smallest absolute Gasteiger partial charge is 0.297 e. The van der Waals surface area contributed by atoms with E-state index in [4.69, 9.17) is 17.3 Å². The van der Waals surface area contributed by atoms with Gasteiger partial charge >= 0.3 is 0 Å². The number of rotatable bonds is 4. The van der Waals surface area contributed by atoms with E-state index in [0.717, 1.165) is 0 Å². The lowest BCUT2D eigenvalue weighted by Gasteiger charge is -2.09. The molecule has 0 aliphatic heterocycles. The SMILES string of the molecule is Nc1ccc2cc(S(=O)(=O)CCCl)ccc2c1S(=O)(=O)O. The number of nitrogens with two attached hydrogens (primary N) is 1. The molecule has 0 radical (unpaired) electrons. The predicted octanol–water partition coefficient (Wildman–Crippen LogP) is 1.68. The van der Waals surface area contributed by atoms with E-state index in [-0.39, 0.29) is 27.6 Å². The zero-order valence-electron chi connectivity index (χ0n) is 10.7. The predicted molar refractivity (Wildman–Crippen MR) is 80.9 cm³/mol. The Morgan fingerprint density at radius 1 is 1.10 bits per heavy atom. The lowest BCUT2D eigenvalue weighted by atomic mass is 10.1. The monoisotopic (exact) mass is 349 g/mol. The fourth-order valence-electron chi connectivity index (χ4n) is 2.00. The molecule has 0 amide bonds. The lowest BCUT2D eigenvalue weighted by molar-refractivity contribution is 0.484. The Morgan fingerprint density at radius 3 is 2.33 bits per heavy atom. The summed E-state index contributed by atoms with van der Waals surface area (Å²) in [6, 6.07) is 6.67. The first-order chi connectivity index (χ1) is 9.66. The molecule has 0 heterocycles. The zero-order valence-corrected chi connectivity index (χ0v) is 13.0. The third kappa shape index (κ3) is 3.13. The Labute approximate surface area is 127 Å². The molecule has 0 fully saturated rings. The molecule has 0 bridgehead atoms. The number of alkyl halides is 1. The van der Waals surface area contributed by atoms with Gasteiger partial charge in [0.05, 0.1) is 16.3 Å². The molecule has 0 aliphatic carbocycles. The fourth-order valence-corrected chi connectivity index (χ4v) is 4.46. The van der Waals surface area contributed by atoms with Crippen molar-refractivity contribution in [2.75, 3.05) is 17.4 Å². The Balaban J connectivity index is 2.77. The number of sulfone groups is 1. The second-order valence-electron chi connectivity index (χ2n) is 4.35. The van der Waals surface area contributed by atoms with Gasteiger partial charge in [0, 0.05) is 11.3 Å². The quantitative estimate of drug-likeness (QED) is 0.493. The highest BCUT2D eigenvalue weighted by atomic mass is 35.5. The molecule has 0 spiro atoms. The van der Waals surface area contributed by atoms with Gasteiger partial charge < -0.3 is 5.73 Å². The molecule has 0 unspecified atom stereocenters. The van der Waals surface area contributed by atoms with Crippen molar-refractivity contribution in [2.45, 2.75) is 9.79 Å². The van der Waals surface area contributed by atoms with Gasteiger partial charge in [-0.05, 0) is 23.6 Å². The van der Waals surface area contributed by atoms with E-state index in [1.807, 2.05) is 0 Å². The Hall–Kier alpha value is -1.35. The van der Waals surface area contributed by atoms with Crippen molar-refractivity contribution in [2.24, 2.45) is 0 Å². The summed E-state index contributed by atoms with van der Waals surface area (Å²) >= 11 is 5.45. The van der Waals surface area contributed by atoms with E-state index in [0.29, 0.717) is 5.39 Å². The van der Waals surface area contributed by atoms with Gasteiger partial charge in [0.15, 0.2) is 9.84 Å². The van der Waals surface area contributed by atoms with Gasteiger partial charge in [0.1, 0.15) is 4.90 Å². The average Bonchev–Trinajstić information content (AvgIpc) is 2.36. The van der Waals surface area contributed by atoms with E-state index in [1.54, 1.807) is 0 Å². The van der Waals surface area contributed by atoms with Gasteiger partial charge in [-0.2, -0.15) is 8.42 Å². The first kappa shape index (κ1) is 16.0. The van der Waals surface area contributed by atoms with Crippen molar-refractivity contribution in [3.8, 4) is 0 Å². The second-order valence-corrected chi connectivity index (χ2v) is 8.20. The van der Waals surface area contributed by atoms with Crippen LogP contribution in [0.2, 0.25) is 0 Å². The highest BCUT2D eigenvalue weighted by Gasteiger charge is 2.20. The average molecular weight is 350 g/mol.